The number of aryl methyl sites for hydroxylation is 1. The van der Waals surface area contributed by atoms with Crippen LogP contribution in [-0.4, -0.2) is 16.8 Å². The van der Waals surface area contributed by atoms with Gasteiger partial charge in [0.15, 0.2) is 11.5 Å². The highest BCUT2D eigenvalue weighted by molar-refractivity contribution is 5.58. The molecule has 1 aromatic carbocycles. The van der Waals surface area contributed by atoms with Gasteiger partial charge in [0.2, 0.25) is 5.75 Å². The van der Waals surface area contributed by atoms with Crippen LogP contribution in [0.4, 0.5) is 0 Å². The second-order valence-corrected chi connectivity index (χ2v) is 7.74. The minimum Gasteiger partial charge on any atom is -0.504 e. The first kappa shape index (κ1) is 23.7. The molecule has 0 aromatic heterocycles. The van der Waals surface area contributed by atoms with Crippen molar-refractivity contribution >= 4 is 0 Å². The molecule has 1 aromatic rings. The van der Waals surface area contributed by atoms with Crippen molar-refractivity contribution in [3.63, 3.8) is 0 Å². The van der Waals surface area contributed by atoms with E-state index in [1.165, 1.54) is 44.9 Å². The number of unbranched alkanes of at least 4 members (excludes halogenated alkanes) is 9. The van der Waals surface area contributed by atoms with Gasteiger partial charge >= 0.3 is 0 Å². The predicted molar refractivity (Wildman–Crippen MR) is 115 cm³/mol. The summed E-state index contributed by atoms with van der Waals surface area (Å²) in [5, 5.41) is 20.5. The molecule has 0 spiro atoms. The molecular formula is C24H42O3. The predicted octanol–water partition coefficient (Wildman–Crippen LogP) is 7.30. The van der Waals surface area contributed by atoms with Crippen LogP contribution < -0.4 is 4.74 Å². The van der Waals surface area contributed by atoms with Gasteiger partial charge in [-0.05, 0) is 43.7 Å². The van der Waals surface area contributed by atoms with Gasteiger partial charge in [-0.3, -0.25) is 0 Å². The fourth-order valence-corrected chi connectivity index (χ4v) is 3.51. The number of hydrogen-bond acceptors (Lipinski definition) is 3. The molecule has 1 rings (SSSR count). The van der Waals surface area contributed by atoms with Crippen LogP contribution in [0.3, 0.4) is 0 Å². The van der Waals surface area contributed by atoms with E-state index < -0.39 is 0 Å². The smallest absolute Gasteiger partial charge is 0.200 e. The van der Waals surface area contributed by atoms with Crippen molar-refractivity contribution in [1.29, 1.82) is 0 Å². The lowest BCUT2D eigenvalue weighted by Gasteiger charge is -2.18. The molecule has 156 valence electrons. The molecule has 0 heterocycles. The molecule has 0 saturated heterocycles. The van der Waals surface area contributed by atoms with Crippen molar-refractivity contribution in [3.05, 3.63) is 17.2 Å². The molecule has 0 fully saturated rings. The highest BCUT2D eigenvalue weighted by atomic mass is 16.5. The molecule has 2 N–H and O–H groups in total. The number of aromatic hydroxyl groups is 2. The van der Waals surface area contributed by atoms with E-state index in [0.717, 1.165) is 56.1 Å². The Hall–Kier alpha value is -1.38. The van der Waals surface area contributed by atoms with Gasteiger partial charge < -0.3 is 14.9 Å². The Morgan fingerprint density at radius 2 is 1.26 bits per heavy atom. The molecular weight excluding hydrogens is 336 g/mol. The third-order valence-electron chi connectivity index (χ3n) is 5.25. The highest BCUT2D eigenvalue weighted by Crippen LogP contribution is 2.42. The first-order valence-corrected chi connectivity index (χ1v) is 11.3. The molecule has 3 heteroatoms. The summed E-state index contributed by atoms with van der Waals surface area (Å²) in [6.45, 7) is 7.20. The standard InChI is InChI=1S/C24H42O3/c1-4-7-10-11-12-13-14-15-18-27-24-21(17-9-6-3)20(16-8-5-2)19-22(25)23(24)26/h19,25-26H,4-18H2,1-3H3. The minimum atomic E-state index is -0.0825. The van der Waals surface area contributed by atoms with E-state index in [1.807, 2.05) is 0 Å². The molecule has 0 aliphatic heterocycles. The maximum absolute atomic E-state index is 10.4. The normalized spacial score (nSPS) is 11.1. The third kappa shape index (κ3) is 8.90. The van der Waals surface area contributed by atoms with Crippen LogP contribution in [-0.2, 0) is 12.8 Å². The van der Waals surface area contributed by atoms with E-state index in [-0.39, 0.29) is 11.5 Å². The summed E-state index contributed by atoms with van der Waals surface area (Å²) in [6.07, 6.45) is 16.3. The maximum atomic E-state index is 10.4. The van der Waals surface area contributed by atoms with Crippen LogP contribution in [0.25, 0.3) is 0 Å². The zero-order valence-corrected chi connectivity index (χ0v) is 18.0. The molecule has 0 atom stereocenters. The number of ether oxygens (including phenoxy) is 1. The Bertz CT molecular complexity index is 511. The number of hydrogen-bond donors (Lipinski definition) is 2. The Morgan fingerprint density at radius 1 is 0.704 bits per heavy atom. The average Bonchev–Trinajstić information content (AvgIpc) is 2.67. The lowest BCUT2D eigenvalue weighted by molar-refractivity contribution is 0.279. The van der Waals surface area contributed by atoms with Gasteiger partial charge in [-0.2, -0.15) is 0 Å². The highest BCUT2D eigenvalue weighted by Gasteiger charge is 2.18. The van der Waals surface area contributed by atoms with E-state index in [9.17, 15) is 10.2 Å². The minimum absolute atomic E-state index is 0.0488. The summed E-state index contributed by atoms with van der Waals surface area (Å²) in [7, 11) is 0. The van der Waals surface area contributed by atoms with Crippen LogP contribution in [0.1, 0.15) is 109 Å². The van der Waals surface area contributed by atoms with Gasteiger partial charge in [0, 0.05) is 5.56 Å². The number of rotatable bonds is 16. The molecule has 27 heavy (non-hydrogen) atoms. The molecule has 0 aliphatic rings. The summed E-state index contributed by atoms with van der Waals surface area (Å²) >= 11 is 0. The van der Waals surface area contributed by atoms with Crippen LogP contribution in [0.15, 0.2) is 6.07 Å². The number of phenolic OH excluding ortho intramolecular Hbond substituents is 2. The summed E-state index contributed by atoms with van der Waals surface area (Å²) < 4.78 is 6.00. The largest absolute Gasteiger partial charge is 0.504 e. The van der Waals surface area contributed by atoms with E-state index in [0.29, 0.717) is 12.4 Å². The van der Waals surface area contributed by atoms with Gasteiger partial charge in [-0.15, -0.1) is 0 Å². The summed E-state index contributed by atoms with van der Waals surface area (Å²) in [5.74, 6) is 0.394. The first-order valence-electron chi connectivity index (χ1n) is 11.3. The molecule has 0 unspecified atom stereocenters. The van der Waals surface area contributed by atoms with Crippen molar-refractivity contribution in [2.24, 2.45) is 0 Å². The van der Waals surface area contributed by atoms with E-state index >= 15 is 0 Å². The van der Waals surface area contributed by atoms with Crippen LogP contribution in [0.2, 0.25) is 0 Å². The Kier molecular flexibility index (Phi) is 12.8. The van der Waals surface area contributed by atoms with Gasteiger partial charge in [0.05, 0.1) is 6.61 Å². The summed E-state index contributed by atoms with van der Waals surface area (Å²) in [5.41, 5.74) is 2.23. The lowest BCUT2D eigenvalue weighted by Crippen LogP contribution is -2.04. The summed E-state index contributed by atoms with van der Waals surface area (Å²) in [4.78, 5) is 0. The van der Waals surface area contributed by atoms with E-state index in [2.05, 4.69) is 20.8 Å². The lowest BCUT2D eigenvalue weighted by atomic mass is 9.96. The van der Waals surface area contributed by atoms with Crippen molar-refractivity contribution in [2.45, 2.75) is 111 Å². The van der Waals surface area contributed by atoms with Crippen molar-refractivity contribution in [2.75, 3.05) is 6.61 Å². The molecule has 3 nitrogen and oxygen atoms in total. The van der Waals surface area contributed by atoms with Crippen molar-refractivity contribution < 1.29 is 14.9 Å². The second-order valence-electron chi connectivity index (χ2n) is 7.74. The Labute approximate surface area is 167 Å². The summed E-state index contributed by atoms with van der Waals surface area (Å²) in [6, 6.07) is 1.74. The van der Waals surface area contributed by atoms with Crippen molar-refractivity contribution in [3.8, 4) is 17.2 Å². The monoisotopic (exact) mass is 378 g/mol. The molecule has 0 radical (unpaired) electrons. The number of benzene rings is 1. The maximum Gasteiger partial charge on any atom is 0.200 e. The van der Waals surface area contributed by atoms with Gasteiger partial charge in [-0.25, -0.2) is 0 Å². The second kappa shape index (κ2) is 14.6. The zero-order valence-electron chi connectivity index (χ0n) is 18.0. The van der Waals surface area contributed by atoms with Gasteiger partial charge in [0.1, 0.15) is 0 Å². The first-order chi connectivity index (χ1) is 13.2. The average molecular weight is 379 g/mol. The van der Waals surface area contributed by atoms with Crippen molar-refractivity contribution in [1.82, 2.24) is 0 Å². The van der Waals surface area contributed by atoms with E-state index in [4.69, 9.17) is 4.74 Å². The molecule has 0 aliphatic carbocycles. The fraction of sp³-hybridized carbons (Fsp3) is 0.750. The number of phenols is 2. The zero-order chi connectivity index (χ0) is 19.9. The molecule has 0 bridgehead atoms. The molecule has 0 saturated carbocycles. The van der Waals surface area contributed by atoms with Crippen LogP contribution in [0, 0.1) is 0 Å². The van der Waals surface area contributed by atoms with E-state index in [1.54, 1.807) is 6.07 Å². The third-order valence-corrected chi connectivity index (χ3v) is 5.25. The Morgan fingerprint density at radius 3 is 1.89 bits per heavy atom. The topological polar surface area (TPSA) is 49.7 Å². The van der Waals surface area contributed by atoms with Gasteiger partial charge in [-0.1, -0.05) is 78.6 Å². The van der Waals surface area contributed by atoms with Gasteiger partial charge in [0.25, 0.3) is 0 Å². The molecule has 0 amide bonds. The SMILES string of the molecule is CCCCCCCCCCOc1c(O)c(O)cc(CCCC)c1CCCC. The fourth-order valence-electron chi connectivity index (χ4n) is 3.51. The Balaban J connectivity index is 2.61. The van der Waals surface area contributed by atoms with Crippen LogP contribution in [0.5, 0.6) is 17.2 Å². The van der Waals surface area contributed by atoms with Crippen LogP contribution >= 0.6 is 0 Å². The quantitative estimate of drug-likeness (QED) is 0.234.